The number of hydrogen-bond donors (Lipinski definition) is 2. The number of nitrogens with one attached hydrogen (secondary N) is 2. The van der Waals surface area contributed by atoms with Crippen molar-refractivity contribution in [3.8, 4) is 0 Å². The second kappa shape index (κ2) is 9.55. The van der Waals surface area contributed by atoms with Crippen molar-refractivity contribution in [3.63, 3.8) is 0 Å². The molecule has 2 heterocycles. The maximum absolute atomic E-state index is 13.0. The number of thiazole rings is 1. The molecule has 1 amide bonds. The van der Waals surface area contributed by atoms with Gasteiger partial charge in [-0.25, -0.2) is 18.1 Å². The molecule has 9 heteroatoms. The summed E-state index contributed by atoms with van der Waals surface area (Å²) in [6, 6.07) is 6.71. The van der Waals surface area contributed by atoms with Crippen molar-refractivity contribution < 1.29 is 17.9 Å². The normalized spacial score (nSPS) is 18.8. The molecule has 2 N–H and O–H groups in total. The Morgan fingerprint density at radius 2 is 1.87 bits per heavy atom. The van der Waals surface area contributed by atoms with Gasteiger partial charge in [0.15, 0.2) is 5.13 Å². The van der Waals surface area contributed by atoms with Crippen molar-refractivity contribution in [1.82, 2.24) is 9.71 Å². The largest absolute Gasteiger partial charge is 0.381 e. The van der Waals surface area contributed by atoms with Gasteiger partial charge < -0.3 is 10.1 Å². The fourth-order valence-corrected chi connectivity index (χ4v) is 5.35. The Kier molecular flexibility index (Phi) is 6.82. The summed E-state index contributed by atoms with van der Waals surface area (Å²) in [5.41, 5.74) is 0.816. The standard InChI is InChI=1S/C21H27N3O4S2/c25-20(24-21-22-9-12-29-21)19(13-15-7-10-28-11-8-15)17-3-5-18(6-4-17)30(26,27)23-14-16-1-2-16/h3-6,9,12,15-16,19,23H,1-2,7-8,10-11,13-14H2,(H,22,24,25). The molecule has 1 atom stereocenters. The predicted molar refractivity (Wildman–Crippen MR) is 116 cm³/mol. The smallest absolute Gasteiger partial charge is 0.240 e. The monoisotopic (exact) mass is 449 g/mol. The van der Waals surface area contributed by atoms with E-state index < -0.39 is 10.0 Å². The van der Waals surface area contributed by atoms with E-state index in [1.54, 1.807) is 30.5 Å². The zero-order chi connectivity index (χ0) is 21.0. The number of ether oxygens (including phenoxy) is 1. The molecule has 2 fully saturated rings. The van der Waals surface area contributed by atoms with Crippen LogP contribution in [0.2, 0.25) is 0 Å². The second-order valence-electron chi connectivity index (χ2n) is 8.03. The first-order valence-electron chi connectivity index (χ1n) is 10.4. The summed E-state index contributed by atoms with van der Waals surface area (Å²) in [4.78, 5) is 17.4. The van der Waals surface area contributed by atoms with Crippen molar-refractivity contribution in [3.05, 3.63) is 41.4 Å². The van der Waals surface area contributed by atoms with Gasteiger partial charge in [-0.15, -0.1) is 11.3 Å². The number of rotatable bonds is 9. The predicted octanol–water partition coefficient (Wildman–Crippen LogP) is 3.37. The molecule has 7 nitrogen and oxygen atoms in total. The third-order valence-electron chi connectivity index (χ3n) is 5.74. The van der Waals surface area contributed by atoms with Gasteiger partial charge in [-0.3, -0.25) is 4.79 Å². The molecule has 1 unspecified atom stereocenters. The number of nitrogens with zero attached hydrogens (tertiary/aromatic N) is 1. The number of anilines is 1. The van der Waals surface area contributed by atoms with Crippen molar-refractivity contribution in [1.29, 1.82) is 0 Å². The minimum absolute atomic E-state index is 0.112. The average Bonchev–Trinajstić information content (AvgIpc) is 3.46. The summed E-state index contributed by atoms with van der Waals surface area (Å²) in [5.74, 6) is 0.388. The zero-order valence-corrected chi connectivity index (χ0v) is 18.4. The molecule has 1 aliphatic carbocycles. The molecule has 30 heavy (non-hydrogen) atoms. The first kappa shape index (κ1) is 21.4. The fraction of sp³-hybridized carbons (Fsp3) is 0.524. The van der Waals surface area contributed by atoms with Crippen LogP contribution in [0.15, 0.2) is 40.7 Å². The van der Waals surface area contributed by atoms with Gasteiger partial charge >= 0.3 is 0 Å². The molecule has 1 aromatic heterocycles. The minimum atomic E-state index is -3.52. The summed E-state index contributed by atoms with van der Waals surface area (Å²) < 4.78 is 33.1. The van der Waals surface area contributed by atoms with E-state index in [-0.39, 0.29) is 16.7 Å². The van der Waals surface area contributed by atoms with Crippen LogP contribution in [0.4, 0.5) is 5.13 Å². The molecule has 1 aliphatic heterocycles. The lowest BCUT2D eigenvalue weighted by Gasteiger charge is -2.26. The SMILES string of the molecule is O=C(Nc1nccs1)C(CC1CCOCC1)c1ccc(S(=O)(=O)NCC2CC2)cc1. The quantitative estimate of drug-likeness (QED) is 0.612. The number of hydrogen-bond acceptors (Lipinski definition) is 6. The Bertz CT molecular complexity index is 935. The van der Waals surface area contributed by atoms with Crippen molar-refractivity contribution in [2.24, 2.45) is 11.8 Å². The summed E-state index contributed by atoms with van der Waals surface area (Å²) in [7, 11) is -3.52. The van der Waals surface area contributed by atoms with Gasteiger partial charge in [-0.1, -0.05) is 12.1 Å². The second-order valence-corrected chi connectivity index (χ2v) is 10.7. The topological polar surface area (TPSA) is 97.4 Å². The van der Waals surface area contributed by atoms with Crippen LogP contribution in [0.5, 0.6) is 0 Å². The first-order chi connectivity index (χ1) is 14.5. The van der Waals surface area contributed by atoms with Crippen LogP contribution in [0.1, 0.15) is 43.6 Å². The number of sulfonamides is 1. The number of benzene rings is 1. The number of carbonyl (C=O) groups excluding carboxylic acids is 1. The highest BCUT2D eigenvalue weighted by atomic mass is 32.2. The maximum atomic E-state index is 13.0. The van der Waals surface area contributed by atoms with Gasteiger partial charge in [0.2, 0.25) is 15.9 Å². The Labute approximate surface area is 181 Å². The van der Waals surface area contributed by atoms with Crippen LogP contribution >= 0.6 is 11.3 Å². The number of amides is 1. The Morgan fingerprint density at radius 3 is 2.50 bits per heavy atom. The van der Waals surface area contributed by atoms with Crippen molar-refractivity contribution in [2.45, 2.75) is 42.9 Å². The van der Waals surface area contributed by atoms with E-state index in [4.69, 9.17) is 4.74 Å². The minimum Gasteiger partial charge on any atom is -0.381 e. The highest BCUT2D eigenvalue weighted by Crippen LogP contribution is 2.32. The van der Waals surface area contributed by atoms with Crippen LogP contribution in [-0.2, 0) is 19.6 Å². The van der Waals surface area contributed by atoms with Gasteiger partial charge in [0.1, 0.15) is 0 Å². The van der Waals surface area contributed by atoms with Gasteiger partial charge in [0.05, 0.1) is 10.8 Å². The van der Waals surface area contributed by atoms with Gasteiger partial charge in [0.25, 0.3) is 0 Å². The lowest BCUT2D eigenvalue weighted by atomic mass is 9.84. The Morgan fingerprint density at radius 1 is 1.13 bits per heavy atom. The van der Waals surface area contributed by atoms with Crippen molar-refractivity contribution in [2.75, 3.05) is 25.1 Å². The van der Waals surface area contributed by atoms with E-state index in [9.17, 15) is 13.2 Å². The highest BCUT2D eigenvalue weighted by Gasteiger charge is 2.28. The molecule has 2 aromatic rings. The average molecular weight is 450 g/mol. The van der Waals surface area contributed by atoms with Crippen LogP contribution in [0, 0.1) is 11.8 Å². The molecule has 1 saturated heterocycles. The van der Waals surface area contributed by atoms with E-state index >= 15 is 0 Å². The van der Waals surface area contributed by atoms with E-state index in [0.29, 0.717) is 29.9 Å². The molecular formula is C21H27N3O4S2. The molecule has 1 aromatic carbocycles. The van der Waals surface area contributed by atoms with E-state index in [1.807, 2.05) is 5.38 Å². The molecule has 162 valence electrons. The first-order valence-corrected chi connectivity index (χ1v) is 12.8. The third kappa shape index (κ3) is 5.66. The van der Waals surface area contributed by atoms with Gasteiger partial charge in [0, 0.05) is 31.3 Å². The van der Waals surface area contributed by atoms with Crippen LogP contribution in [0.3, 0.4) is 0 Å². The van der Waals surface area contributed by atoms with Crippen molar-refractivity contribution >= 4 is 32.4 Å². The Hall–Kier alpha value is -1.81. The summed E-state index contributed by atoms with van der Waals surface area (Å²) in [5, 5.41) is 5.29. The number of aromatic nitrogens is 1. The van der Waals surface area contributed by atoms with E-state index in [1.165, 1.54) is 11.3 Å². The lowest BCUT2D eigenvalue weighted by Crippen LogP contribution is -2.27. The highest BCUT2D eigenvalue weighted by molar-refractivity contribution is 7.89. The third-order valence-corrected chi connectivity index (χ3v) is 7.87. The van der Waals surface area contributed by atoms with Gasteiger partial charge in [-0.05, 0) is 61.6 Å². The number of carbonyl (C=O) groups is 1. The molecule has 0 radical (unpaired) electrons. The molecule has 2 aliphatic rings. The maximum Gasteiger partial charge on any atom is 0.240 e. The summed E-state index contributed by atoms with van der Waals surface area (Å²) >= 11 is 1.38. The molecule has 1 saturated carbocycles. The summed E-state index contributed by atoms with van der Waals surface area (Å²) in [6.07, 6.45) is 6.39. The molecule has 4 rings (SSSR count). The zero-order valence-electron chi connectivity index (χ0n) is 16.7. The van der Waals surface area contributed by atoms with E-state index in [2.05, 4.69) is 15.0 Å². The molecular weight excluding hydrogens is 422 g/mol. The van der Waals surface area contributed by atoms with Crippen LogP contribution in [-0.4, -0.2) is 39.1 Å². The van der Waals surface area contributed by atoms with E-state index in [0.717, 1.165) is 44.5 Å². The van der Waals surface area contributed by atoms with Crippen LogP contribution < -0.4 is 10.0 Å². The molecule has 0 spiro atoms. The lowest BCUT2D eigenvalue weighted by molar-refractivity contribution is -0.118. The molecule has 0 bridgehead atoms. The summed E-state index contributed by atoms with van der Waals surface area (Å²) in [6.45, 7) is 1.93. The van der Waals surface area contributed by atoms with Crippen LogP contribution in [0.25, 0.3) is 0 Å². The fourth-order valence-electron chi connectivity index (χ4n) is 3.70. The van der Waals surface area contributed by atoms with Gasteiger partial charge in [-0.2, -0.15) is 0 Å². The Balaban J connectivity index is 1.50.